The normalized spacial score (nSPS) is 12.7. The molecule has 1 aliphatic carbocycles. The molecule has 1 aliphatic rings. The molecule has 7 aromatic carbocycles. The Kier molecular flexibility index (Phi) is 4.33. The Morgan fingerprint density at radius 2 is 1.23 bits per heavy atom. The Labute approximate surface area is 270 Å². The zero-order chi connectivity index (χ0) is 30.4. The van der Waals surface area contributed by atoms with Crippen LogP contribution in [-0.2, 0) is 0 Å². The molecule has 11 aromatic rings. The van der Waals surface area contributed by atoms with Crippen molar-refractivity contribution < 1.29 is 4.42 Å². The third-order valence-corrected chi connectivity index (χ3v) is 11.2. The summed E-state index contributed by atoms with van der Waals surface area (Å²) in [6.45, 7) is 0. The molecule has 0 saturated carbocycles. The van der Waals surface area contributed by atoms with Crippen LogP contribution in [0.3, 0.4) is 0 Å². The lowest BCUT2D eigenvalue weighted by Gasteiger charge is -2.14. The number of fused-ring (bicyclic) bond motifs is 6. The summed E-state index contributed by atoms with van der Waals surface area (Å²) in [5.74, 6) is 0.837. The summed E-state index contributed by atoms with van der Waals surface area (Å²) in [6, 6.07) is 45.4. The lowest BCUT2D eigenvalue weighted by Crippen LogP contribution is -2.03. The van der Waals surface area contributed by atoms with Gasteiger partial charge in [-0.3, -0.25) is 4.57 Å². The number of rotatable bonds is 2. The third-order valence-electron chi connectivity index (χ3n) is 10.1. The molecule has 4 aromatic heterocycles. The van der Waals surface area contributed by atoms with E-state index in [0.717, 1.165) is 49.6 Å². The van der Waals surface area contributed by atoms with Crippen LogP contribution in [0.5, 0.6) is 0 Å². The molecule has 0 radical (unpaired) electrons. The van der Waals surface area contributed by atoms with Crippen LogP contribution in [0.15, 0.2) is 132 Å². The molecule has 4 heterocycles. The fraction of sp³-hybridized carbons (Fsp3) is 0. The van der Waals surface area contributed by atoms with Gasteiger partial charge in [0.25, 0.3) is 0 Å². The molecule has 12 rings (SSSR count). The van der Waals surface area contributed by atoms with Crippen LogP contribution >= 0.6 is 11.3 Å². The zero-order valence-corrected chi connectivity index (χ0v) is 25.6. The van der Waals surface area contributed by atoms with Crippen LogP contribution in [0.25, 0.3) is 114 Å². The van der Waals surface area contributed by atoms with Crippen LogP contribution < -0.4 is 0 Å². The number of benzene rings is 7. The highest BCUT2D eigenvalue weighted by Crippen LogP contribution is 2.51. The van der Waals surface area contributed by atoms with Gasteiger partial charge in [0, 0.05) is 37.2 Å². The van der Waals surface area contributed by atoms with Crippen LogP contribution in [-0.4, -0.2) is 14.5 Å². The molecule has 0 amide bonds. The minimum Gasteiger partial charge on any atom is -0.456 e. The van der Waals surface area contributed by atoms with Gasteiger partial charge in [-0.15, -0.1) is 11.3 Å². The van der Waals surface area contributed by atoms with Crippen molar-refractivity contribution in [2.24, 2.45) is 0 Å². The number of aromatic nitrogens is 3. The Balaban J connectivity index is 1.32. The molecule has 0 bridgehead atoms. The standard InChI is InChI=1S/C42H21N3OS/c1-2-9-24(10-3-1)39-41(44-42-40(43-39)35-25-12-5-4-8-22(25)17-21-32(35)47-42)45-28-18-16-23-11-6-13-26-27-14-7-15-30-34(27)38-31(46-30)20-19-29(45)37(38)36(28)33(23)26/h1-21H. The summed E-state index contributed by atoms with van der Waals surface area (Å²) >= 11 is 1.72. The smallest absolute Gasteiger partial charge is 0.166 e. The van der Waals surface area contributed by atoms with E-state index in [1.165, 1.54) is 64.3 Å². The molecule has 0 aliphatic heterocycles. The SMILES string of the molecule is c1ccc(-c2nc3c(nc2-n2c4ccc5cccc6c5c4c4c5c(ccc42)oc2cccc-6c25)sc2ccc4ccccc4c23)cc1. The molecule has 4 nitrogen and oxygen atoms in total. The molecular weight excluding hydrogens is 595 g/mol. The Hall–Kier alpha value is -6.04. The molecule has 0 N–H and O–H groups in total. The second-order valence-corrected chi connectivity index (χ2v) is 13.5. The maximum Gasteiger partial charge on any atom is 0.166 e. The lowest BCUT2D eigenvalue weighted by molar-refractivity contribution is 0.669. The largest absolute Gasteiger partial charge is 0.456 e. The van der Waals surface area contributed by atoms with Crippen molar-refractivity contribution in [1.82, 2.24) is 14.5 Å². The van der Waals surface area contributed by atoms with Gasteiger partial charge in [0.2, 0.25) is 0 Å². The van der Waals surface area contributed by atoms with Gasteiger partial charge >= 0.3 is 0 Å². The fourth-order valence-corrected chi connectivity index (χ4v) is 9.26. The van der Waals surface area contributed by atoms with Gasteiger partial charge in [0.1, 0.15) is 27.2 Å². The van der Waals surface area contributed by atoms with E-state index in [-0.39, 0.29) is 0 Å². The highest BCUT2D eigenvalue weighted by molar-refractivity contribution is 7.25. The predicted octanol–water partition coefficient (Wildman–Crippen LogP) is 11.8. The van der Waals surface area contributed by atoms with E-state index in [9.17, 15) is 0 Å². The van der Waals surface area contributed by atoms with Crippen molar-refractivity contribution in [3.63, 3.8) is 0 Å². The topological polar surface area (TPSA) is 43.9 Å². The predicted molar refractivity (Wildman–Crippen MR) is 196 cm³/mol. The summed E-state index contributed by atoms with van der Waals surface area (Å²) in [4.78, 5) is 12.0. The first-order valence-electron chi connectivity index (χ1n) is 15.8. The van der Waals surface area contributed by atoms with E-state index in [1.54, 1.807) is 11.3 Å². The second-order valence-electron chi connectivity index (χ2n) is 12.5. The maximum atomic E-state index is 6.51. The maximum absolute atomic E-state index is 6.51. The molecule has 5 heteroatoms. The first kappa shape index (κ1) is 24.2. The van der Waals surface area contributed by atoms with E-state index in [0.29, 0.717) is 0 Å². The Morgan fingerprint density at radius 1 is 0.511 bits per heavy atom. The van der Waals surface area contributed by atoms with Crippen LogP contribution in [0, 0.1) is 0 Å². The molecule has 0 fully saturated rings. The van der Waals surface area contributed by atoms with E-state index in [2.05, 4.69) is 132 Å². The molecule has 47 heavy (non-hydrogen) atoms. The lowest BCUT2D eigenvalue weighted by atomic mass is 9.95. The number of furan rings is 1. The summed E-state index contributed by atoms with van der Waals surface area (Å²) in [5.41, 5.74) is 9.36. The number of nitrogens with zero attached hydrogens (tertiary/aromatic N) is 3. The van der Waals surface area contributed by atoms with E-state index < -0.39 is 0 Å². The average Bonchev–Trinajstić information content (AvgIpc) is 3.77. The highest BCUT2D eigenvalue weighted by atomic mass is 32.1. The molecule has 0 unspecified atom stereocenters. The molecular formula is C42H21N3OS. The van der Waals surface area contributed by atoms with E-state index in [4.69, 9.17) is 14.4 Å². The second kappa shape index (κ2) is 8.40. The Bertz CT molecular complexity index is 3180. The van der Waals surface area contributed by atoms with E-state index in [1.807, 2.05) is 0 Å². The van der Waals surface area contributed by atoms with Gasteiger partial charge < -0.3 is 4.42 Å². The van der Waals surface area contributed by atoms with Gasteiger partial charge in [-0.1, -0.05) is 97.1 Å². The first-order chi connectivity index (χ1) is 23.3. The van der Waals surface area contributed by atoms with Gasteiger partial charge in [-0.25, -0.2) is 9.97 Å². The summed E-state index contributed by atoms with van der Waals surface area (Å²) < 4.78 is 10.1. The first-order valence-corrected chi connectivity index (χ1v) is 16.7. The van der Waals surface area contributed by atoms with Crippen molar-refractivity contribution >= 4 is 97.1 Å². The molecule has 216 valence electrons. The van der Waals surface area contributed by atoms with Crippen molar-refractivity contribution in [3.8, 4) is 28.2 Å². The zero-order valence-electron chi connectivity index (χ0n) is 24.8. The third kappa shape index (κ3) is 2.94. The quantitative estimate of drug-likeness (QED) is 0.194. The summed E-state index contributed by atoms with van der Waals surface area (Å²) in [6.07, 6.45) is 0. The molecule has 0 spiro atoms. The highest BCUT2D eigenvalue weighted by Gasteiger charge is 2.28. The average molecular weight is 616 g/mol. The van der Waals surface area contributed by atoms with Crippen molar-refractivity contribution in [3.05, 3.63) is 127 Å². The Morgan fingerprint density at radius 3 is 2.15 bits per heavy atom. The van der Waals surface area contributed by atoms with Gasteiger partial charge in [-0.2, -0.15) is 0 Å². The summed E-state index contributed by atoms with van der Waals surface area (Å²) in [7, 11) is 0. The van der Waals surface area contributed by atoms with Gasteiger partial charge in [0.05, 0.1) is 11.0 Å². The van der Waals surface area contributed by atoms with Crippen molar-refractivity contribution in [2.75, 3.05) is 0 Å². The monoisotopic (exact) mass is 615 g/mol. The number of thiophene rings is 1. The molecule has 0 saturated heterocycles. The van der Waals surface area contributed by atoms with Crippen LogP contribution in [0.2, 0.25) is 0 Å². The minimum atomic E-state index is 0.837. The van der Waals surface area contributed by atoms with Crippen molar-refractivity contribution in [1.29, 1.82) is 0 Å². The van der Waals surface area contributed by atoms with Crippen LogP contribution in [0.4, 0.5) is 0 Å². The van der Waals surface area contributed by atoms with Crippen molar-refractivity contribution in [2.45, 2.75) is 0 Å². The summed E-state index contributed by atoms with van der Waals surface area (Å²) in [5, 5.41) is 10.9. The van der Waals surface area contributed by atoms with Gasteiger partial charge in [-0.05, 0) is 63.0 Å². The molecule has 0 atom stereocenters. The van der Waals surface area contributed by atoms with E-state index >= 15 is 0 Å². The van der Waals surface area contributed by atoms with Crippen LogP contribution in [0.1, 0.15) is 0 Å². The number of hydrogen-bond donors (Lipinski definition) is 0. The fourth-order valence-electron chi connectivity index (χ4n) is 8.23. The minimum absolute atomic E-state index is 0.837. The number of hydrogen-bond acceptors (Lipinski definition) is 4. The van der Waals surface area contributed by atoms with Gasteiger partial charge in [0.15, 0.2) is 5.82 Å².